The third-order valence-electron chi connectivity index (χ3n) is 4.56. The van der Waals surface area contributed by atoms with Gasteiger partial charge in [-0.15, -0.1) is 0 Å². The standard InChI is InChI=1S/C10H10Cl2N2O2/c11-8(12)7(16)10-4-3-9(14(10)13)5(10)1-2-6(9)15/h5,8H,1-4H2. The summed E-state index contributed by atoms with van der Waals surface area (Å²) in [6.45, 7) is 0. The molecule has 4 nitrogen and oxygen atoms in total. The highest BCUT2D eigenvalue weighted by Crippen LogP contribution is 2.65. The summed E-state index contributed by atoms with van der Waals surface area (Å²) in [5, 5.41) is 0. The summed E-state index contributed by atoms with van der Waals surface area (Å²) in [6.07, 6.45) is 2.11. The largest absolute Gasteiger partial charge is 0.505 e. The van der Waals surface area contributed by atoms with Crippen LogP contribution in [-0.2, 0) is 9.59 Å². The summed E-state index contributed by atoms with van der Waals surface area (Å²) in [6, 6.07) is 0. The van der Waals surface area contributed by atoms with Gasteiger partial charge in [0.25, 0.3) is 0 Å². The van der Waals surface area contributed by atoms with Gasteiger partial charge in [-0.25, -0.2) is 0 Å². The Morgan fingerprint density at radius 2 is 2.19 bits per heavy atom. The first-order valence-corrected chi connectivity index (χ1v) is 6.20. The van der Waals surface area contributed by atoms with Crippen molar-refractivity contribution in [3.05, 3.63) is 5.53 Å². The molecule has 4 fully saturated rings. The van der Waals surface area contributed by atoms with E-state index in [4.69, 9.17) is 23.2 Å². The molecular formula is C10H10Cl2N2O2. The van der Waals surface area contributed by atoms with Crippen molar-refractivity contribution in [2.24, 2.45) is 5.92 Å². The van der Waals surface area contributed by atoms with Crippen LogP contribution < -0.4 is 0 Å². The van der Waals surface area contributed by atoms with Crippen LogP contribution in [0, 0.1) is 5.92 Å². The molecule has 2 aliphatic heterocycles. The van der Waals surface area contributed by atoms with Crippen molar-refractivity contribution in [3.8, 4) is 0 Å². The lowest BCUT2D eigenvalue weighted by Gasteiger charge is -2.48. The van der Waals surface area contributed by atoms with E-state index in [2.05, 4.69) is 0 Å². The van der Waals surface area contributed by atoms with Gasteiger partial charge in [-0.2, -0.15) is 0 Å². The zero-order valence-electron chi connectivity index (χ0n) is 8.45. The first-order valence-electron chi connectivity index (χ1n) is 5.33. The number of ketones is 2. The predicted molar refractivity (Wildman–Crippen MR) is 56.5 cm³/mol. The summed E-state index contributed by atoms with van der Waals surface area (Å²) in [4.78, 5) is 22.6. The molecule has 2 heterocycles. The number of Topliss-reactive ketones (excluding diaryl/α,β-unsaturated/α-hetero) is 2. The molecule has 0 aromatic heterocycles. The van der Waals surface area contributed by atoms with E-state index in [-0.39, 0.29) is 17.5 Å². The van der Waals surface area contributed by atoms with Crippen molar-refractivity contribution in [1.82, 2.24) is 0 Å². The maximum Gasteiger partial charge on any atom is 0.235 e. The van der Waals surface area contributed by atoms with Gasteiger partial charge < -0.3 is 5.53 Å². The van der Waals surface area contributed by atoms with Crippen LogP contribution in [0.3, 0.4) is 0 Å². The Labute approximate surface area is 102 Å². The quantitative estimate of drug-likeness (QED) is 0.560. The van der Waals surface area contributed by atoms with E-state index < -0.39 is 15.9 Å². The van der Waals surface area contributed by atoms with Crippen LogP contribution in [0.15, 0.2) is 0 Å². The van der Waals surface area contributed by atoms with Crippen LogP contribution >= 0.6 is 23.2 Å². The summed E-state index contributed by atoms with van der Waals surface area (Å²) in [7, 11) is 0. The van der Waals surface area contributed by atoms with Crippen molar-refractivity contribution < 1.29 is 14.3 Å². The van der Waals surface area contributed by atoms with Gasteiger partial charge in [-0.3, -0.25) is 14.3 Å². The zero-order valence-corrected chi connectivity index (χ0v) is 9.96. The van der Waals surface area contributed by atoms with Gasteiger partial charge in [0.15, 0.2) is 4.84 Å². The molecule has 1 spiro atoms. The topological polar surface area (TPSA) is 59.5 Å². The van der Waals surface area contributed by atoms with Gasteiger partial charge in [-0.1, -0.05) is 23.2 Å². The highest BCUT2D eigenvalue weighted by Gasteiger charge is 2.85. The first kappa shape index (κ1) is 10.7. The number of hydrogen-bond acceptors (Lipinski definition) is 2. The zero-order chi connectivity index (χ0) is 11.7. The van der Waals surface area contributed by atoms with Crippen LogP contribution in [0.1, 0.15) is 25.7 Å². The Morgan fingerprint density at radius 3 is 2.81 bits per heavy atom. The molecule has 4 aliphatic rings. The van der Waals surface area contributed by atoms with E-state index in [1.807, 2.05) is 0 Å². The number of halogens is 2. The minimum atomic E-state index is -1.14. The number of carbonyl (C=O) groups is 2. The van der Waals surface area contributed by atoms with Crippen LogP contribution in [0.4, 0.5) is 0 Å². The second-order valence-electron chi connectivity index (χ2n) is 4.84. The monoisotopic (exact) mass is 260 g/mol. The molecule has 2 saturated heterocycles. The molecule has 6 heteroatoms. The highest BCUT2D eigenvalue weighted by atomic mass is 35.5. The molecule has 0 aromatic rings. The molecule has 2 aliphatic carbocycles. The van der Waals surface area contributed by atoms with Crippen LogP contribution in [-0.4, -0.2) is 32.2 Å². The number of alkyl halides is 2. The Bertz CT molecular complexity index is 437. The Morgan fingerprint density at radius 1 is 1.50 bits per heavy atom. The van der Waals surface area contributed by atoms with E-state index >= 15 is 0 Å². The molecule has 4 rings (SSSR count). The summed E-state index contributed by atoms with van der Waals surface area (Å²) in [5.41, 5.74) is 8.24. The molecule has 0 amide bonds. The van der Waals surface area contributed by atoms with E-state index in [0.29, 0.717) is 25.7 Å². The maximum absolute atomic E-state index is 12.0. The van der Waals surface area contributed by atoms with Gasteiger partial charge in [0, 0.05) is 19.3 Å². The van der Waals surface area contributed by atoms with Crippen LogP contribution in [0.2, 0.25) is 0 Å². The molecule has 16 heavy (non-hydrogen) atoms. The molecule has 2 bridgehead atoms. The number of fused-ring (bicyclic) bond motifs is 1. The van der Waals surface area contributed by atoms with Crippen LogP contribution in [0.25, 0.3) is 5.53 Å². The second kappa shape index (κ2) is 2.85. The lowest BCUT2D eigenvalue weighted by atomic mass is 9.68. The second-order valence-corrected chi connectivity index (χ2v) is 5.94. The summed E-state index contributed by atoms with van der Waals surface area (Å²) < 4.78 is 0.945. The van der Waals surface area contributed by atoms with E-state index in [1.165, 1.54) is 0 Å². The lowest BCUT2D eigenvalue weighted by Crippen LogP contribution is -2.72. The van der Waals surface area contributed by atoms with Crippen LogP contribution in [0.5, 0.6) is 0 Å². The summed E-state index contributed by atoms with van der Waals surface area (Å²) in [5.74, 6) is -0.419. The predicted octanol–water partition coefficient (Wildman–Crippen LogP) is 1.66. The SMILES string of the molecule is [N-]=[N+]1C23CCC1(C(=O)C(Cl)Cl)C2CCC3=O. The lowest BCUT2D eigenvalue weighted by molar-refractivity contribution is -0.725. The molecular weight excluding hydrogens is 251 g/mol. The van der Waals surface area contributed by atoms with E-state index in [0.717, 1.165) is 4.70 Å². The van der Waals surface area contributed by atoms with E-state index in [9.17, 15) is 15.1 Å². The Balaban J connectivity index is 2.06. The van der Waals surface area contributed by atoms with Gasteiger partial charge in [0.2, 0.25) is 22.6 Å². The van der Waals surface area contributed by atoms with Crippen molar-refractivity contribution in [1.29, 1.82) is 0 Å². The average molecular weight is 261 g/mol. The average Bonchev–Trinajstić information content (AvgIpc) is 2.83. The highest BCUT2D eigenvalue weighted by molar-refractivity contribution is 6.54. The first-order chi connectivity index (χ1) is 7.48. The normalized spacial score (nSPS) is 44.8. The van der Waals surface area contributed by atoms with Gasteiger partial charge >= 0.3 is 0 Å². The van der Waals surface area contributed by atoms with Gasteiger partial charge in [-0.05, 0) is 6.42 Å². The van der Waals surface area contributed by atoms with Gasteiger partial charge in [0.05, 0.1) is 0 Å². The minimum Gasteiger partial charge on any atom is -0.505 e. The molecule has 3 unspecified atom stereocenters. The number of carbonyl (C=O) groups excluding carboxylic acids is 2. The fourth-order valence-electron chi connectivity index (χ4n) is 3.93. The minimum absolute atomic E-state index is 0.0432. The Kier molecular flexibility index (Phi) is 1.90. The number of hydrogen-bond donors (Lipinski definition) is 0. The third-order valence-corrected chi connectivity index (χ3v) is 4.96. The number of nitrogens with zero attached hydrogens (tertiary/aromatic N) is 2. The fourth-order valence-corrected chi connectivity index (χ4v) is 4.31. The van der Waals surface area contributed by atoms with Crippen molar-refractivity contribution >= 4 is 34.8 Å². The molecule has 0 N–H and O–H groups in total. The molecule has 86 valence electrons. The van der Waals surface area contributed by atoms with Crippen molar-refractivity contribution in [2.75, 3.05) is 0 Å². The van der Waals surface area contributed by atoms with Crippen molar-refractivity contribution in [3.63, 3.8) is 0 Å². The Hall–Kier alpha value is -0.480. The molecule has 0 aromatic carbocycles. The van der Waals surface area contributed by atoms with Crippen molar-refractivity contribution in [2.45, 2.75) is 41.6 Å². The molecule has 3 atom stereocenters. The fraction of sp³-hybridized carbons (Fsp3) is 0.800. The number of rotatable bonds is 2. The smallest absolute Gasteiger partial charge is 0.235 e. The summed E-state index contributed by atoms with van der Waals surface area (Å²) >= 11 is 11.2. The van der Waals surface area contributed by atoms with E-state index in [1.54, 1.807) is 0 Å². The maximum atomic E-state index is 12.0. The molecule has 2 saturated carbocycles. The third kappa shape index (κ3) is 0.798. The van der Waals surface area contributed by atoms with Gasteiger partial charge in [0.1, 0.15) is 5.92 Å². The molecule has 0 radical (unpaired) electrons.